The number of nitrogens with zero attached hydrogens (tertiary/aromatic N) is 2. The van der Waals surface area contributed by atoms with Gasteiger partial charge in [-0.2, -0.15) is 0 Å². The van der Waals surface area contributed by atoms with E-state index in [2.05, 4.69) is 15.3 Å². The van der Waals surface area contributed by atoms with E-state index in [1.54, 1.807) is 0 Å². The van der Waals surface area contributed by atoms with Gasteiger partial charge in [-0.15, -0.1) is 0 Å². The van der Waals surface area contributed by atoms with Crippen LogP contribution in [0.4, 0.5) is 4.79 Å². The Labute approximate surface area is 123 Å². The first kappa shape index (κ1) is 13.5. The smallest absolute Gasteiger partial charge is 0.407 e. The average Bonchev–Trinajstić information content (AvgIpc) is 3.32. The Balaban J connectivity index is 1.38. The molecule has 2 atom stereocenters. The molecule has 2 unspecified atom stereocenters. The second-order valence-corrected chi connectivity index (χ2v) is 5.22. The molecule has 1 fully saturated rings. The molecule has 3 rings (SSSR count). The molecule has 1 heterocycles. The van der Waals surface area contributed by atoms with Crippen molar-refractivity contribution in [1.82, 2.24) is 15.3 Å². The van der Waals surface area contributed by atoms with Gasteiger partial charge in [0.25, 0.3) is 0 Å². The highest BCUT2D eigenvalue weighted by Gasteiger charge is 2.38. The summed E-state index contributed by atoms with van der Waals surface area (Å²) in [6, 6.07) is 9.64. The predicted octanol–water partition coefficient (Wildman–Crippen LogP) is 2.51. The van der Waals surface area contributed by atoms with Gasteiger partial charge in [-0.05, 0) is 29.4 Å². The van der Waals surface area contributed by atoms with Gasteiger partial charge in [0.15, 0.2) is 0 Å². The Morgan fingerprint density at radius 3 is 2.76 bits per heavy atom. The van der Waals surface area contributed by atoms with Crippen LogP contribution >= 0.6 is 0 Å². The summed E-state index contributed by atoms with van der Waals surface area (Å²) in [6.07, 6.45) is 5.90. The summed E-state index contributed by atoms with van der Waals surface area (Å²) in [4.78, 5) is 19.7. The van der Waals surface area contributed by atoms with Crippen LogP contribution < -0.4 is 5.32 Å². The first-order valence-electron chi connectivity index (χ1n) is 7.02. The molecule has 0 spiro atoms. The average molecular weight is 283 g/mol. The van der Waals surface area contributed by atoms with E-state index in [1.807, 2.05) is 42.7 Å². The van der Waals surface area contributed by atoms with Crippen LogP contribution in [0.2, 0.25) is 0 Å². The number of rotatable bonds is 5. The Morgan fingerprint density at radius 1 is 1.24 bits per heavy atom. The summed E-state index contributed by atoms with van der Waals surface area (Å²) in [5.41, 5.74) is 2.13. The van der Waals surface area contributed by atoms with Crippen molar-refractivity contribution in [3.63, 3.8) is 0 Å². The van der Waals surface area contributed by atoms with E-state index in [0.29, 0.717) is 25.0 Å². The number of amides is 1. The summed E-state index contributed by atoms with van der Waals surface area (Å²) >= 11 is 0. The lowest BCUT2D eigenvalue weighted by Crippen LogP contribution is -2.26. The lowest BCUT2D eigenvalue weighted by Gasteiger charge is -2.06. The van der Waals surface area contributed by atoms with Gasteiger partial charge in [0.05, 0.1) is 0 Å². The second-order valence-electron chi connectivity index (χ2n) is 5.22. The number of nitrogens with one attached hydrogen (secondary N) is 1. The van der Waals surface area contributed by atoms with Crippen molar-refractivity contribution >= 4 is 6.09 Å². The van der Waals surface area contributed by atoms with Crippen molar-refractivity contribution in [1.29, 1.82) is 0 Å². The summed E-state index contributed by atoms with van der Waals surface area (Å²) < 4.78 is 5.17. The van der Waals surface area contributed by atoms with E-state index in [-0.39, 0.29) is 6.09 Å². The van der Waals surface area contributed by atoms with Crippen LogP contribution in [0.1, 0.15) is 23.5 Å². The number of benzene rings is 1. The molecule has 5 heteroatoms. The van der Waals surface area contributed by atoms with Crippen LogP contribution in [0.3, 0.4) is 0 Å². The summed E-state index contributed by atoms with van der Waals surface area (Å²) in [6.45, 7) is 0.931. The number of hydrogen-bond donors (Lipinski definition) is 1. The highest BCUT2D eigenvalue weighted by atomic mass is 16.5. The van der Waals surface area contributed by atoms with Crippen molar-refractivity contribution in [2.24, 2.45) is 5.92 Å². The van der Waals surface area contributed by atoms with E-state index in [1.165, 1.54) is 6.33 Å². The van der Waals surface area contributed by atoms with Crippen molar-refractivity contribution in [3.8, 4) is 0 Å². The summed E-state index contributed by atoms with van der Waals surface area (Å²) in [5.74, 6) is 0.917. The number of ether oxygens (including phenoxy) is 1. The maximum Gasteiger partial charge on any atom is 0.407 e. The Morgan fingerprint density at radius 2 is 2.00 bits per heavy atom. The number of carbonyl (C=O) groups is 1. The molecule has 1 aromatic carbocycles. The minimum absolute atomic E-state index is 0.299. The molecular weight excluding hydrogens is 266 g/mol. The van der Waals surface area contributed by atoms with Gasteiger partial charge >= 0.3 is 6.09 Å². The largest absolute Gasteiger partial charge is 0.445 e. The Kier molecular flexibility index (Phi) is 4.09. The van der Waals surface area contributed by atoms with Gasteiger partial charge in [0, 0.05) is 18.9 Å². The Hall–Kier alpha value is -2.43. The molecule has 1 amide bonds. The molecule has 1 N–H and O–H groups in total. The topological polar surface area (TPSA) is 64.1 Å². The molecule has 1 aromatic heterocycles. The molecular formula is C16H17N3O2. The zero-order valence-corrected chi connectivity index (χ0v) is 11.6. The third-order valence-electron chi connectivity index (χ3n) is 3.65. The SMILES string of the molecule is O=C(NCC1CC1c1cncnc1)OCc1ccccc1. The standard InChI is InChI=1S/C16H17N3O2/c20-16(21-10-12-4-2-1-3-5-12)19-9-13-6-15(13)14-7-17-11-18-8-14/h1-5,7-8,11,13,15H,6,9-10H2,(H,19,20). The third kappa shape index (κ3) is 3.78. The predicted molar refractivity (Wildman–Crippen MR) is 77.5 cm³/mol. The van der Waals surface area contributed by atoms with Crippen molar-refractivity contribution in [2.75, 3.05) is 6.54 Å². The minimum Gasteiger partial charge on any atom is -0.445 e. The van der Waals surface area contributed by atoms with Crippen LogP contribution in [-0.4, -0.2) is 22.6 Å². The number of hydrogen-bond acceptors (Lipinski definition) is 4. The molecule has 0 bridgehead atoms. The van der Waals surface area contributed by atoms with Gasteiger partial charge in [-0.1, -0.05) is 30.3 Å². The van der Waals surface area contributed by atoms with Crippen LogP contribution in [-0.2, 0) is 11.3 Å². The molecule has 1 aliphatic rings. The zero-order valence-electron chi connectivity index (χ0n) is 11.6. The van der Waals surface area contributed by atoms with Gasteiger partial charge in [-0.25, -0.2) is 14.8 Å². The monoisotopic (exact) mass is 283 g/mol. The van der Waals surface area contributed by atoms with Crippen LogP contribution in [0.5, 0.6) is 0 Å². The molecule has 0 aliphatic heterocycles. The minimum atomic E-state index is -0.367. The molecule has 108 valence electrons. The number of carbonyl (C=O) groups excluding carboxylic acids is 1. The summed E-state index contributed by atoms with van der Waals surface area (Å²) in [5, 5.41) is 2.81. The normalized spacial score (nSPS) is 19.8. The lowest BCUT2D eigenvalue weighted by atomic mass is 10.2. The molecule has 0 radical (unpaired) electrons. The second kappa shape index (κ2) is 6.35. The van der Waals surface area contributed by atoms with E-state index in [9.17, 15) is 4.79 Å². The molecule has 1 aliphatic carbocycles. The lowest BCUT2D eigenvalue weighted by molar-refractivity contribution is 0.139. The fraction of sp³-hybridized carbons (Fsp3) is 0.312. The van der Waals surface area contributed by atoms with E-state index in [4.69, 9.17) is 4.74 Å². The maximum atomic E-state index is 11.6. The van der Waals surface area contributed by atoms with Crippen LogP contribution in [0.15, 0.2) is 49.1 Å². The van der Waals surface area contributed by atoms with Crippen molar-refractivity contribution < 1.29 is 9.53 Å². The van der Waals surface area contributed by atoms with Gasteiger partial charge in [0.1, 0.15) is 12.9 Å². The highest BCUT2D eigenvalue weighted by Crippen LogP contribution is 2.46. The van der Waals surface area contributed by atoms with Crippen LogP contribution in [0, 0.1) is 5.92 Å². The van der Waals surface area contributed by atoms with Gasteiger partial charge < -0.3 is 10.1 Å². The quantitative estimate of drug-likeness (QED) is 0.915. The van der Waals surface area contributed by atoms with Gasteiger partial charge in [0.2, 0.25) is 0 Å². The van der Waals surface area contributed by atoms with Gasteiger partial charge in [-0.3, -0.25) is 0 Å². The van der Waals surface area contributed by atoms with E-state index >= 15 is 0 Å². The number of alkyl carbamates (subject to hydrolysis) is 1. The number of aromatic nitrogens is 2. The van der Waals surface area contributed by atoms with Crippen molar-refractivity contribution in [2.45, 2.75) is 18.9 Å². The molecule has 1 saturated carbocycles. The van der Waals surface area contributed by atoms with Crippen molar-refractivity contribution in [3.05, 3.63) is 60.2 Å². The molecule has 5 nitrogen and oxygen atoms in total. The fourth-order valence-electron chi connectivity index (χ4n) is 2.37. The highest BCUT2D eigenvalue weighted by molar-refractivity contribution is 5.67. The summed E-state index contributed by atoms with van der Waals surface area (Å²) in [7, 11) is 0. The molecule has 0 saturated heterocycles. The van der Waals surface area contributed by atoms with E-state index in [0.717, 1.165) is 17.5 Å². The first-order chi connectivity index (χ1) is 10.3. The molecule has 2 aromatic rings. The zero-order chi connectivity index (χ0) is 14.5. The molecule has 21 heavy (non-hydrogen) atoms. The third-order valence-corrected chi connectivity index (χ3v) is 3.65. The first-order valence-corrected chi connectivity index (χ1v) is 7.02. The van der Waals surface area contributed by atoms with E-state index < -0.39 is 0 Å². The maximum absolute atomic E-state index is 11.6. The fourth-order valence-corrected chi connectivity index (χ4v) is 2.37. The Bertz CT molecular complexity index is 589. The van der Waals surface area contributed by atoms with Crippen LogP contribution in [0.25, 0.3) is 0 Å².